The number of methoxy groups -OCH3 is 2. The summed E-state index contributed by atoms with van der Waals surface area (Å²) in [6.07, 6.45) is 1.46. The second-order valence-corrected chi connectivity index (χ2v) is 7.06. The quantitative estimate of drug-likeness (QED) is 0.815. The Labute approximate surface area is 155 Å². The van der Waals surface area contributed by atoms with Crippen molar-refractivity contribution in [1.82, 2.24) is 0 Å². The van der Waals surface area contributed by atoms with Crippen LogP contribution >= 0.6 is 11.3 Å². The Morgan fingerprint density at radius 1 is 1.15 bits per heavy atom. The number of nitrogens with one attached hydrogen (secondary N) is 1. The first kappa shape index (κ1) is 18.1. The third-order valence-electron chi connectivity index (χ3n) is 4.37. The number of carbonyl (C=O) groups is 3. The minimum absolute atomic E-state index is 0.199. The van der Waals surface area contributed by atoms with Crippen LogP contribution in [-0.4, -0.2) is 32.1 Å². The van der Waals surface area contributed by atoms with Gasteiger partial charge < -0.3 is 14.8 Å². The molecule has 0 bridgehead atoms. The summed E-state index contributed by atoms with van der Waals surface area (Å²) in [5.41, 5.74) is 1.77. The third kappa shape index (κ3) is 3.48. The van der Waals surface area contributed by atoms with E-state index in [2.05, 4.69) is 5.32 Å². The number of ether oxygens (including phenoxy) is 2. The van der Waals surface area contributed by atoms with E-state index in [1.165, 1.54) is 25.6 Å². The average molecular weight is 373 g/mol. The zero-order valence-corrected chi connectivity index (χ0v) is 15.4. The van der Waals surface area contributed by atoms with Crippen LogP contribution in [-0.2, 0) is 31.9 Å². The fraction of sp³-hybridized carbons (Fsp3) is 0.316. The number of benzene rings is 1. The minimum Gasteiger partial charge on any atom is -0.469 e. The first-order valence-electron chi connectivity index (χ1n) is 8.20. The van der Waals surface area contributed by atoms with Gasteiger partial charge >= 0.3 is 11.9 Å². The average Bonchev–Trinajstić information content (AvgIpc) is 3.19. The molecule has 0 fully saturated rings. The van der Waals surface area contributed by atoms with E-state index >= 15 is 0 Å². The van der Waals surface area contributed by atoms with Crippen LogP contribution in [0.3, 0.4) is 0 Å². The normalized spacial score (nSPS) is 15.2. The molecule has 0 unspecified atom stereocenters. The molecule has 1 amide bonds. The van der Waals surface area contributed by atoms with Gasteiger partial charge in [-0.05, 0) is 24.0 Å². The number of aryl methyl sites for hydroxylation is 1. The van der Waals surface area contributed by atoms with Crippen LogP contribution in [0.4, 0.5) is 5.00 Å². The Hall–Kier alpha value is -2.67. The maximum Gasteiger partial charge on any atom is 0.341 e. The summed E-state index contributed by atoms with van der Waals surface area (Å²) >= 11 is 1.32. The number of thiophene rings is 1. The molecule has 1 heterocycles. The number of hydrogen-bond acceptors (Lipinski definition) is 6. The number of hydrogen-bond donors (Lipinski definition) is 1. The molecule has 0 saturated heterocycles. The molecule has 0 aliphatic heterocycles. The van der Waals surface area contributed by atoms with Crippen molar-refractivity contribution in [1.29, 1.82) is 0 Å². The van der Waals surface area contributed by atoms with E-state index in [0.29, 0.717) is 23.4 Å². The number of rotatable bonds is 5. The van der Waals surface area contributed by atoms with Gasteiger partial charge in [0.25, 0.3) is 0 Å². The van der Waals surface area contributed by atoms with Crippen molar-refractivity contribution in [3.63, 3.8) is 0 Å². The molecule has 1 atom stereocenters. The van der Waals surface area contributed by atoms with Crippen molar-refractivity contribution >= 4 is 34.2 Å². The highest BCUT2D eigenvalue weighted by atomic mass is 32.1. The molecule has 1 aromatic heterocycles. The number of anilines is 1. The summed E-state index contributed by atoms with van der Waals surface area (Å²) < 4.78 is 9.74. The lowest BCUT2D eigenvalue weighted by Crippen LogP contribution is -2.18. The molecule has 6 nitrogen and oxygen atoms in total. The Kier molecular flexibility index (Phi) is 5.37. The minimum atomic E-state index is -0.562. The Morgan fingerprint density at radius 2 is 1.88 bits per heavy atom. The second-order valence-electron chi connectivity index (χ2n) is 5.96. The molecule has 0 saturated carbocycles. The van der Waals surface area contributed by atoms with Crippen molar-refractivity contribution in [3.05, 3.63) is 51.9 Å². The molecule has 7 heteroatoms. The largest absolute Gasteiger partial charge is 0.469 e. The van der Waals surface area contributed by atoms with Crippen molar-refractivity contribution in [3.8, 4) is 0 Å². The fourth-order valence-corrected chi connectivity index (χ4v) is 4.47. The Balaban J connectivity index is 1.89. The van der Waals surface area contributed by atoms with Crippen LogP contribution in [0.5, 0.6) is 0 Å². The zero-order valence-electron chi connectivity index (χ0n) is 14.5. The monoisotopic (exact) mass is 373 g/mol. The van der Waals surface area contributed by atoms with Gasteiger partial charge in [0.05, 0.1) is 32.1 Å². The van der Waals surface area contributed by atoms with E-state index in [4.69, 9.17) is 9.47 Å². The smallest absolute Gasteiger partial charge is 0.341 e. The van der Waals surface area contributed by atoms with Gasteiger partial charge in [-0.1, -0.05) is 30.3 Å². The molecule has 26 heavy (non-hydrogen) atoms. The highest BCUT2D eigenvalue weighted by Crippen LogP contribution is 2.45. The maximum atomic E-state index is 12.4. The maximum absolute atomic E-state index is 12.4. The SMILES string of the molecule is COC(=O)c1c(NC(=O)Cc2ccccc2)sc2c1[C@H](C(=O)OC)CC2. The van der Waals surface area contributed by atoms with Crippen LogP contribution in [0.25, 0.3) is 0 Å². The van der Waals surface area contributed by atoms with Gasteiger partial charge in [0.2, 0.25) is 5.91 Å². The molecule has 1 aliphatic carbocycles. The van der Waals surface area contributed by atoms with Gasteiger partial charge in [0.1, 0.15) is 5.00 Å². The predicted molar refractivity (Wildman–Crippen MR) is 97.5 cm³/mol. The molecule has 136 valence electrons. The van der Waals surface area contributed by atoms with E-state index in [-0.39, 0.29) is 23.9 Å². The van der Waals surface area contributed by atoms with E-state index in [0.717, 1.165) is 10.4 Å². The molecule has 0 radical (unpaired) electrons. The summed E-state index contributed by atoms with van der Waals surface area (Å²) in [6.45, 7) is 0. The molecular formula is C19H19NO5S. The first-order valence-corrected chi connectivity index (χ1v) is 9.02. The predicted octanol–water partition coefficient (Wildman–Crippen LogP) is 2.92. The van der Waals surface area contributed by atoms with Crippen molar-refractivity contribution < 1.29 is 23.9 Å². The number of amides is 1. The van der Waals surface area contributed by atoms with Crippen LogP contribution in [0.15, 0.2) is 30.3 Å². The standard InChI is InChI=1S/C19H19NO5S/c1-24-18(22)12-8-9-13-15(12)16(19(23)25-2)17(26-13)20-14(21)10-11-6-4-3-5-7-11/h3-7,12H,8-10H2,1-2H3,(H,20,21)/t12-/m1/s1. The van der Waals surface area contributed by atoms with E-state index < -0.39 is 11.9 Å². The first-order chi connectivity index (χ1) is 12.5. The van der Waals surface area contributed by atoms with Crippen LogP contribution in [0.1, 0.15) is 38.7 Å². The lowest BCUT2D eigenvalue weighted by atomic mass is 9.99. The molecule has 0 spiro atoms. The number of fused-ring (bicyclic) bond motifs is 1. The summed E-state index contributed by atoms with van der Waals surface area (Å²) in [5.74, 6) is -1.67. The molecule has 1 aromatic carbocycles. The van der Waals surface area contributed by atoms with E-state index in [1.54, 1.807) is 0 Å². The summed E-state index contributed by atoms with van der Waals surface area (Å²) in [5, 5.41) is 3.24. The van der Waals surface area contributed by atoms with E-state index in [1.807, 2.05) is 30.3 Å². The van der Waals surface area contributed by atoms with Crippen molar-refractivity contribution in [2.75, 3.05) is 19.5 Å². The lowest BCUT2D eigenvalue weighted by Gasteiger charge is -2.11. The van der Waals surface area contributed by atoms with Gasteiger partial charge in [-0.2, -0.15) is 0 Å². The summed E-state index contributed by atoms with van der Waals surface area (Å²) in [7, 11) is 2.61. The molecular weight excluding hydrogens is 354 g/mol. The summed E-state index contributed by atoms with van der Waals surface area (Å²) in [4.78, 5) is 37.7. The van der Waals surface area contributed by atoms with Gasteiger partial charge in [-0.3, -0.25) is 9.59 Å². The van der Waals surface area contributed by atoms with Gasteiger partial charge in [-0.15, -0.1) is 11.3 Å². The number of carbonyl (C=O) groups excluding carboxylic acids is 3. The van der Waals surface area contributed by atoms with Gasteiger partial charge in [-0.25, -0.2) is 4.79 Å². The van der Waals surface area contributed by atoms with Gasteiger partial charge in [0.15, 0.2) is 0 Å². The van der Waals surface area contributed by atoms with E-state index in [9.17, 15) is 14.4 Å². The Bertz CT molecular complexity index is 843. The van der Waals surface area contributed by atoms with Crippen LogP contribution in [0, 0.1) is 0 Å². The lowest BCUT2D eigenvalue weighted by molar-refractivity contribution is -0.142. The van der Waals surface area contributed by atoms with Crippen molar-refractivity contribution in [2.24, 2.45) is 0 Å². The van der Waals surface area contributed by atoms with Crippen LogP contribution in [0.2, 0.25) is 0 Å². The van der Waals surface area contributed by atoms with Gasteiger partial charge in [0, 0.05) is 4.88 Å². The third-order valence-corrected chi connectivity index (χ3v) is 5.55. The highest BCUT2D eigenvalue weighted by molar-refractivity contribution is 7.17. The van der Waals surface area contributed by atoms with Crippen molar-refractivity contribution in [2.45, 2.75) is 25.2 Å². The Morgan fingerprint density at radius 3 is 2.54 bits per heavy atom. The second kappa shape index (κ2) is 7.70. The number of esters is 2. The summed E-state index contributed by atoms with van der Waals surface area (Å²) in [6, 6.07) is 9.34. The fourth-order valence-electron chi connectivity index (χ4n) is 3.19. The topological polar surface area (TPSA) is 81.7 Å². The van der Waals surface area contributed by atoms with Crippen LogP contribution < -0.4 is 5.32 Å². The molecule has 1 N–H and O–H groups in total. The molecule has 2 aromatic rings. The zero-order chi connectivity index (χ0) is 18.7. The molecule has 3 rings (SSSR count). The highest BCUT2D eigenvalue weighted by Gasteiger charge is 2.38. The molecule has 1 aliphatic rings.